The number of likely N-dealkylation sites (N-methyl/N-ethyl adjacent to an activating group) is 1. The summed E-state index contributed by atoms with van der Waals surface area (Å²) in [7, 11) is -0.0959. The Labute approximate surface area is 173 Å². The predicted molar refractivity (Wildman–Crippen MR) is 113 cm³/mol. The van der Waals surface area contributed by atoms with Crippen LogP contribution in [0.1, 0.15) is 0 Å². The first-order valence-corrected chi connectivity index (χ1v) is 11.0. The summed E-state index contributed by atoms with van der Waals surface area (Å²) in [5.74, 6) is 0.658. The highest BCUT2D eigenvalue weighted by molar-refractivity contribution is 9.10. The van der Waals surface area contributed by atoms with Crippen LogP contribution in [0.15, 0.2) is 45.8 Å². The predicted octanol–water partition coefficient (Wildman–Crippen LogP) is 3.66. The molecule has 0 unspecified atom stereocenters. The average Bonchev–Trinajstić information content (AvgIpc) is 2.64. The quantitative estimate of drug-likeness (QED) is 0.716. The molecule has 1 aliphatic rings. The molecular formula is C18H21BrClN3O3S. The number of ether oxygens (including phenoxy) is 1. The van der Waals surface area contributed by atoms with E-state index in [2.05, 4.69) is 37.5 Å². The van der Waals surface area contributed by atoms with Crippen molar-refractivity contribution in [3.63, 3.8) is 0 Å². The van der Waals surface area contributed by atoms with Gasteiger partial charge >= 0.3 is 0 Å². The molecule has 9 heteroatoms. The fourth-order valence-electron chi connectivity index (χ4n) is 2.91. The van der Waals surface area contributed by atoms with Crippen molar-refractivity contribution in [1.82, 2.24) is 4.90 Å². The number of sulfonamides is 1. The van der Waals surface area contributed by atoms with E-state index < -0.39 is 10.0 Å². The van der Waals surface area contributed by atoms with Crippen molar-refractivity contribution in [2.45, 2.75) is 4.90 Å². The fourth-order valence-corrected chi connectivity index (χ4v) is 4.40. The number of halogens is 2. The van der Waals surface area contributed by atoms with E-state index in [0.29, 0.717) is 20.9 Å². The van der Waals surface area contributed by atoms with E-state index in [-0.39, 0.29) is 4.90 Å². The smallest absolute Gasteiger partial charge is 0.261 e. The summed E-state index contributed by atoms with van der Waals surface area (Å²) >= 11 is 9.35. The minimum Gasteiger partial charge on any atom is -0.495 e. The van der Waals surface area contributed by atoms with Crippen molar-refractivity contribution in [2.75, 3.05) is 50.0 Å². The number of nitrogens with zero attached hydrogens (tertiary/aromatic N) is 2. The summed E-state index contributed by atoms with van der Waals surface area (Å²) < 4.78 is 34.4. The van der Waals surface area contributed by atoms with Crippen LogP contribution >= 0.6 is 27.5 Å². The summed E-state index contributed by atoms with van der Waals surface area (Å²) in [6.45, 7) is 3.45. The molecular weight excluding hydrogens is 454 g/mol. The molecule has 0 amide bonds. The van der Waals surface area contributed by atoms with Crippen molar-refractivity contribution >= 4 is 48.9 Å². The lowest BCUT2D eigenvalue weighted by Gasteiger charge is -2.34. The zero-order chi connectivity index (χ0) is 19.6. The molecule has 0 saturated carbocycles. The number of rotatable bonds is 5. The van der Waals surface area contributed by atoms with Crippen LogP contribution < -0.4 is 14.4 Å². The second-order valence-electron chi connectivity index (χ2n) is 6.36. The summed E-state index contributed by atoms with van der Waals surface area (Å²) in [4.78, 5) is 4.56. The first-order valence-electron chi connectivity index (χ1n) is 8.39. The third kappa shape index (κ3) is 4.68. The Balaban J connectivity index is 1.90. The van der Waals surface area contributed by atoms with Crippen molar-refractivity contribution in [2.24, 2.45) is 0 Å². The standard InChI is InChI=1S/C18H21BrClN3O3S/c1-22-7-9-23(10-8-22)17-12-14(4-6-18(17)26-2)27(24,25)21-13-3-5-15(19)16(20)11-13/h3-6,11-12,21H,7-10H2,1-2H3. The first kappa shape index (κ1) is 20.3. The summed E-state index contributed by atoms with van der Waals surface area (Å²) in [6, 6.07) is 9.81. The van der Waals surface area contributed by atoms with Crippen LogP contribution in [0.2, 0.25) is 5.02 Å². The molecule has 0 aromatic heterocycles. The number of hydrogen-bond donors (Lipinski definition) is 1. The van der Waals surface area contributed by atoms with Crippen LogP contribution in [0.5, 0.6) is 5.75 Å². The van der Waals surface area contributed by atoms with Gasteiger partial charge in [-0.15, -0.1) is 0 Å². The van der Waals surface area contributed by atoms with E-state index >= 15 is 0 Å². The minimum atomic E-state index is -3.76. The van der Waals surface area contributed by atoms with Gasteiger partial charge in [-0.25, -0.2) is 8.42 Å². The fraction of sp³-hybridized carbons (Fsp3) is 0.333. The van der Waals surface area contributed by atoms with Gasteiger partial charge in [0.15, 0.2) is 0 Å². The lowest BCUT2D eigenvalue weighted by Crippen LogP contribution is -2.44. The van der Waals surface area contributed by atoms with E-state index in [0.717, 1.165) is 31.9 Å². The lowest BCUT2D eigenvalue weighted by atomic mass is 10.2. The third-order valence-electron chi connectivity index (χ3n) is 4.48. The largest absolute Gasteiger partial charge is 0.495 e. The third-order valence-corrected chi connectivity index (χ3v) is 7.09. The molecule has 1 heterocycles. The van der Waals surface area contributed by atoms with Gasteiger partial charge in [-0.2, -0.15) is 0 Å². The molecule has 1 fully saturated rings. The van der Waals surface area contributed by atoms with Crippen LogP contribution in [0.3, 0.4) is 0 Å². The normalized spacial score (nSPS) is 15.6. The Morgan fingerprint density at radius 2 is 1.81 bits per heavy atom. The lowest BCUT2D eigenvalue weighted by molar-refractivity contribution is 0.311. The van der Waals surface area contributed by atoms with Crippen molar-refractivity contribution in [1.29, 1.82) is 0 Å². The van der Waals surface area contributed by atoms with Gasteiger partial charge in [0.1, 0.15) is 5.75 Å². The molecule has 146 valence electrons. The van der Waals surface area contributed by atoms with E-state index in [9.17, 15) is 8.42 Å². The van der Waals surface area contributed by atoms with E-state index in [4.69, 9.17) is 16.3 Å². The average molecular weight is 475 g/mol. The first-order chi connectivity index (χ1) is 12.8. The monoisotopic (exact) mass is 473 g/mol. The molecule has 3 rings (SSSR count). The molecule has 1 N–H and O–H groups in total. The highest BCUT2D eigenvalue weighted by atomic mass is 79.9. The van der Waals surface area contributed by atoms with Crippen molar-refractivity contribution in [3.8, 4) is 5.75 Å². The number of hydrogen-bond acceptors (Lipinski definition) is 5. The van der Waals surface area contributed by atoms with Gasteiger partial charge in [0.2, 0.25) is 0 Å². The van der Waals surface area contributed by atoms with Gasteiger partial charge in [0.25, 0.3) is 10.0 Å². The molecule has 2 aromatic carbocycles. The van der Waals surface area contributed by atoms with Gasteiger partial charge in [0, 0.05) is 30.7 Å². The van der Waals surface area contributed by atoms with Crippen molar-refractivity contribution < 1.29 is 13.2 Å². The topological polar surface area (TPSA) is 61.9 Å². The minimum absolute atomic E-state index is 0.177. The maximum Gasteiger partial charge on any atom is 0.261 e. The van der Waals surface area contributed by atoms with Crippen LogP contribution in [-0.4, -0.2) is 53.7 Å². The Morgan fingerprint density at radius 1 is 1.11 bits per heavy atom. The highest BCUT2D eigenvalue weighted by Crippen LogP contribution is 2.33. The van der Waals surface area contributed by atoms with Crippen LogP contribution in [0.25, 0.3) is 0 Å². The highest BCUT2D eigenvalue weighted by Gasteiger charge is 2.22. The van der Waals surface area contributed by atoms with E-state index in [1.165, 1.54) is 0 Å². The molecule has 1 saturated heterocycles. The molecule has 1 aliphatic heterocycles. The zero-order valence-corrected chi connectivity index (χ0v) is 18.2. The molecule has 0 atom stereocenters. The maximum atomic E-state index is 12.9. The second kappa shape index (κ2) is 8.26. The van der Waals surface area contributed by atoms with Crippen LogP contribution in [-0.2, 0) is 10.0 Å². The van der Waals surface area contributed by atoms with Gasteiger partial charge in [-0.05, 0) is 59.4 Å². The Kier molecular flexibility index (Phi) is 6.20. The van der Waals surface area contributed by atoms with Gasteiger partial charge in [-0.3, -0.25) is 4.72 Å². The molecule has 0 aliphatic carbocycles. The molecule has 2 aromatic rings. The molecule has 0 bridgehead atoms. The van der Waals surface area contributed by atoms with E-state index in [1.807, 2.05) is 0 Å². The second-order valence-corrected chi connectivity index (χ2v) is 9.30. The Hall–Kier alpha value is -1.48. The molecule has 0 radical (unpaired) electrons. The number of benzene rings is 2. The molecule has 0 spiro atoms. The summed E-state index contributed by atoms with van der Waals surface area (Å²) in [5.41, 5.74) is 1.18. The number of methoxy groups -OCH3 is 1. The van der Waals surface area contributed by atoms with Crippen LogP contribution in [0, 0.1) is 0 Å². The van der Waals surface area contributed by atoms with Gasteiger partial charge < -0.3 is 14.5 Å². The number of piperazine rings is 1. The molecule has 6 nitrogen and oxygen atoms in total. The van der Waals surface area contributed by atoms with Crippen molar-refractivity contribution in [3.05, 3.63) is 45.9 Å². The maximum absolute atomic E-state index is 12.9. The van der Waals surface area contributed by atoms with Crippen LogP contribution in [0.4, 0.5) is 11.4 Å². The van der Waals surface area contributed by atoms with Gasteiger partial charge in [0.05, 0.1) is 28.4 Å². The Morgan fingerprint density at radius 3 is 2.44 bits per heavy atom. The number of nitrogens with one attached hydrogen (secondary N) is 1. The van der Waals surface area contributed by atoms with Gasteiger partial charge in [-0.1, -0.05) is 11.6 Å². The Bertz CT molecular complexity index is 931. The zero-order valence-electron chi connectivity index (χ0n) is 15.1. The molecule has 27 heavy (non-hydrogen) atoms. The summed E-state index contributed by atoms with van der Waals surface area (Å²) in [6.07, 6.45) is 0. The summed E-state index contributed by atoms with van der Waals surface area (Å²) in [5, 5.41) is 0.433. The number of anilines is 2. The SMILES string of the molecule is COc1ccc(S(=O)(=O)Nc2ccc(Br)c(Cl)c2)cc1N1CCN(C)CC1. The van der Waals surface area contributed by atoms with E-state index in [1.54, 1.807) is 43.5 Å².